The number of hydrogen-bond donors (Lipinski definition) is 1. The van der Waals surface area contributed by atoms with E-state index in [1.54, 1.807) is 0 Å². The number of hydrogen-bond acceptors (Lipinski definition) is 3. The van der Waals surface area contributed by atoms with Gasteiger partial charge in [0, 0.05) is 34.9 Å². The smallest absolute Gasteiger partial charge is 0.0499 e. The lowest BCUT2D eigenvalue weighted by Gasteiger charge is -2.41. The van der Waals surface area contributed by atoms with Crippen LogP contribution in [0.1, 0.15) is 55.7 Å². The average molecular weight is 295 g/mol. The molecule has 2 heterocycles. The third kappa shape index (κ3) is 4.06. The van der Waals surface area contributed by atoms with Crippen molar-refractivity contribution in [2.45, 2.75) is 58.9 Å². The number of piperidine rings is 1. The number of thiophene rings is 1. The zero-order valence-electron chi connectivity index (χ0n) is 13.0. The van der Waals surface area contributed by atoms with Gasteiger partial charge in [0.2, 0.25) is 0 Å². The van der Waals surface area contributed by atoms with Gasteiger partial charge in [0.1, 0.15) is 0 Å². The maximum atomic E-state index is 9.70. The standard InChI is InChI=1S/C17H29NOS/c1-3-5-7-15-8-9-16(20-15)12-18-11-6-10-17(4-2,13-18)14-19/h8-9,19H,3-7,10-14H2,1-2H3. The van der Waals surface area contributed by atoms with E-state index in [4.69, 9.17) is 0 Å². The van der Waals surface area contributed by atoms with Crippen LogP contribution in [0.4, 0.5) is 0 Å². The summed E-state index contributed by atoms with van der Waals surface area (Å²) >= 11 is 1.98. The highest BCUT2D eigenvalue weighted by atomic mass is 32.1. The zero-order valence-corrected chi connectivity index (χ0v) is 13.8. The average Bonchev–Trinajstić information content (AvgIpc) is 2.92. The quantitative estimate of drug-likeness (QED) is 0.819. The van der Waals surface area contributed by atoms with E-state index in [1.165, 1.54) is 48.4 Å². The van der Waals surface area contributed by atoms with E-state index in [-0.39, 0.29) is 5.41 Å². The molecule has 3 heteroatoms. The lowest BCUT2D eigenvalue weighted by Crippen LogP contribution is -2.44. The van der Waals surface area contributed by atoms with Gasteiger partial charge >= 0.3 is 0 Å². The summed E-state index contributed by atoms with van der Waals surface area (Å²) in [5.74, 6) is 0. The van der Waals surface area contributed by atoms with Crippen LogP contribution in [-0.2, 0) is 13.0 Å². The summed E-state index contributed by atoms with van der Waals surface area (Å²) in [5, 5.41) is 9.70. The summed E-state index contributed by atoms with van der Waals surface area (Å²) in [6.45, 7) is 8.12. The Bertz CT molecular complexity index is 397. The van der Waals surface area contributed by atoms with E-state index >= 15 is 0 Å². The molecule has 0 aliphatic carbocycles. The summed E-state index contributed by atoms with van der Waals surface area (Å²) in [7, 11) is 0. The number of aliphatic hydroxyl groups is 1. The lowest BCUT2D eigenvalue weighted by molar-refractivity contribution is 0.0262. The van der Waals surface area contributed by atoms with Gasteiger partial charge in [-0.2, -0.15) is 0 Å². The SMILES string of the molecule is CCCCc1ccc(CN2CCCC(CC)(CO)C2)s1. The monoisotopic (exact) mass is 295 g/mol. The van der Waals surface area contributed by atoms with Crippen molar-refractivity contribution in [2.75, 3.05) is 19.7 Å². The Morgan fingerprint density at radius 3 is 2.80 bits per heavy atom. The van der Waals surface area contributed by atoms with Crippen LogP contribution in [0.15, 0.2) is 12.1 Å². The molecule has 1 aliphatic rings. The number of unbranched alkanes of at least 4 members (excludes halogenated alkanes) is 1. The molecule has 1 aromatic heterocycles. The minimum Gasteiger partial charge on any atom is -0.396 e. The molecule has 114 valence electrons. The van der Waals surface area contributed by atoms with Gasteiger partial charge < -0.3 is 5.11 Å². The second-order valence-electron chi connectivity index (χ2n) is 6.30. The van der Waals surface area contributed by atoms with Crippen LogP contribution in [0.2, 0.25) is 0 Å². The molecule has 2 rings (SSSR count). The molecule has 20 heavy (non-hydrogen) atoms. The fourth-order valence-electron chi connectivity index (χ4n) is 3.19. The number of rotatable bonds is 7. The van der Waals surface area contributed by atoms with Crippen molar-refractivity contribution in [1.82, 2.24) is 4.90 Å². The number of nitrogens with zero attached hydrogens (tertiary/aromatic N) is 1. The molecule has 1 fully saturated rings. The second-order valence-corrected chi connectivity index (χ2v) is 7.55. The molecule has 1 unspecified atom stereocenters. The Balaban J connectivity index is 1.90. The second kappa shape index (κ2) is 7.58. The molecule has 1 aliphatic heterocycles. The van der Waals surface area contributed by atoms with Crippen LogP contribution in [-0.4, -0.2) is 29.7 Å². The van der Waals surface area contributed by atoms with Gasteiger partial charge in [0.05, 0.1) is 0 Å². The minimum atomic E-state index is 0.153. The first-order valence-electron chi connectivity index (χ1n) is 8.12. The van der Waals surface area contributed by atoms with Gasteiger partial charge in [-0.05, 0) is 50.8 Å². The van der Waals surface area contributed by atoms with Gasteiger partial charge in [0.15, 0.2) is 0 Å². The van der Waals surface area contributed by atoms with Gasteiger partial charge in [-0.1, -0.05) is 20.3 Å². The van der Waals surface area contributed by atoms with E-state index in [2.05, 4.69) is 30.9 Å². The first-order valence-corrected chi connectivity index (χ1v) is 8.94. The van der Waals surface area contributed by atoms with Crippen molar-refractivity contribution >= 4 is 11.3 Å². The predicted molar refractivity (Wildman–Crippen MR) is 87.3 cm³/mol. The zero-order chi connectivity index (χ0) is 14.4. The summed E-state index contributed by atoms with van der Waals surface area (Å²) in [6.07, 6.45) is 7.30. The van der Waals surface area contributed by atoms with Gasteiger partial charge in [-0.25, -0.2) is 0 Å². The van der Waals surface area contributed by atoms with Crippen molar-refractivity contribution < 1.29 is 5.11 Å². The Kier molecular flexibility index (Phi) is 6.06. The Hall–Kier alpha value is -0.380. The molecule has 0 amide bonds. The lowest BCUT2D eigenvalue weighted by atomic mass is 9.78. The van der Waals surface area contributed by atoms with E-state index in [0.717, 1.165) is 19.5 Å². The van der Waals surface area contributed by atoms with Crippen LogP contribution >= 0.6 is 11.3 Å². The van der Waals surface area contributed by atoms with E-state index in [9.17, 15) is 5.11 Å². The number of likely N-dealkylation sites (tertiary alicyclic amines) is 1. The van der Waals surface area contributed by atoms with Crippen LogP contribution in [0.5, 0.6) is 0 Å². The van der Waals surface area contributed by atoms with Crippen molar-refractivity contribution in [1.29, 1.82) is 0 Å². The fraction of sp³-hybridized carbons (Fsp3) is 0.765. The van der Waals surface area contributed by atoms with Gasteiger partial charge in [0.25, 0.3) is 0 Å². The fourth-order valence-corrected chi connectivity index (χ4v) is 4.29. The maximum Gasteiger partial charge on any atom is 0.0499 e. The molecule has 2 nitrogen and oxygen atoms in total. The molecule has 0 radical (unpaired) electrons. The highest BCUT2D eigenvalue weighted by molar-refractivity contribution is 7.11. The first kappa shape index (κ1) is 16.0. The highest BCUT2D eigenvalue weighted by Gasteiger charge is 2.33. The molecule has 1 aromatic rings. The van der Waals surface area contributed by atoms with Crippen molar-refractivity contribution in [3.8, 4) is 0 Å². The largest absolute Gasteiger partial charge is 0.396 e. The van der Waals surface area contributed by atoms with Crippen LogP contribution in [0.3, 0.4) is 0 Å². The van der Waals surface area contributed by atoms with Crippen LogP contribution in [0, 0.1) is 5.41 Å². The Morgan fingerprint density at radius 2 is 2.10 bits per heavy atom. The predicted octanol–water partition coefficient (Wildman–Crippen LogP) is 4.08. The Labute approximate surface area is 127 Å². The highest BCUT2D eigenvalue weighted by Crippen LogP contribution is 2.34. The minimum absolute atomic E-state index is 0.153. The van der Waals surface area contributed by atoms with E-state index in [1.807, 2.05) is 11.3 Å². The first-order chi connectivity index (χ1) is 9.71. The van der Waals surface area contributed by atoms with Crippen LogP contribution < -0.4 is 0 Å². The molecule has 0 saturated carbocycles. The third-order valence-corrected chi connectivity index (χ3v) is 5.83. The molecule has 0 aromatic carbocycles. The molecule has 1 atom stereocenters. The van der Waals surface area contributed by atoms with Gasteiger partial charge in [-0.15, -0.1) is 11.3 Å². The number of aryl methyl sites for hydroxylation is 1. The molecule has 1 saturated heterocycles. The molecule has 0 bridgehead atoms. The summed E-state index contributed by atoms with van der Waals surface area (Å²) < 4.78 is 0. The number of aliphatic hydroxyl groups excluding tert-OH is 1. The van der Waals surface area contributed by atoms with Crippen molar-refractivity contribution in [3.63, 3.8) is 0 Å². The van der Waals surface area contributed by atoms with Crippen molar-refractivity contribution in [2.24, 2.45) is 5.41 Å². The third-order valence-electron chi connectivity index (χ3n) is 4.70. The van der Waals surface area contributed by atoms with Crippen molar-refractivity contribution in [3.05, 3.63) is 21.9 Å². The summed E-state index contributed by atoms with van der Waals surface area (Å²) in [5.41, 5.74) is 0.153. The summed E-state index contributed by atoms with van der Waals surface area (Å²) in [6, 6.07) is 4.61. The molecular formula is C17H29NOS. The molecule has 1 N–H and O–H groups in total. The van der Waals surface area contributed by atoms with Gasteiger partial charge in [-0.3, -0.25) is 4.90 Å². The molecular weight excluding hydrogens is 266 g/mol. The van der Waals surface area contributed by atoms with Crippen LogP contribution in [0.25, 0.3) is 0 Å². The molecule has 0 spiro atoms. The maximum absolute atomic E-state index is 9.70. The normalized spacial score (nSPS) is 24.1. The van der Waals surface area contributed by atoms with E-state index < -0.39 is 0 Å². The summed E-state index contributed by atoms with van der Waals surface area (Å²) in [4.78, 5) is 5.56. The van der Waals surface area contributed by atoms with E-state index in [0.29, 0.717) is 6.61 Å². The topological polar surface area (TPSA) is 23.5 Å². The Morgan fingerprint density at radius 1 is 1.30 bits per heavy atom.